The first-order valence-corrected chi connectivity index (χ1v) is 10.7. The van der Waals surface area contributed by atoms with Crippen LogP contribution in [0.2, 0.25) is 0 Å². The molecule has 144 valence electrons. The Balaban J connectivity index is 1.78. The number of pyridine rings is 2. The zero-order valence-corrected chi connectivity index (χ0v) is 16.3. The summed E-state index contributed by atoms with van der Waals surface area (Å²) < 4.78 is 23.8. The van der Waals surface area contributed by atoms with Crippen LogP contribution in [0.3, 0.4) is 0 Å². The molecule has 0 aliphatic heterocycles. The van der Waals surface area contributed by atoms with Gasteiger partial charge in [0, 0.05) is 23.4 Å². The van der Waals surface area contributed by atoms with Gasteiger partial charge in [0.25, 0.3) is 5.91 Å². The van der Waals surface area contributed by atoms with E-state index in [1.165, 1.54) is 6.26 Å². The maximum atomic E-state index is 12.6. The van der Waals surface area contributed by atoms with E-state index in [4.69, 9.17) is 0 Å². The average molecular weight is 403 g/mol. The van der Waals surface area contributed by atoms with E-state index in [0.717, 1.165) is 10.9 Å². The first-order valence-electron chi connectivity index (χ1n) is 8.84. The molecule has 0 unspecified atom stereocenters. The molecule has 1 amide bonds. The minimum Gasteiger partial charge on any atom is -0.305 e. The lowest BCUT2D eigenvalue weighted by Crippen LogP contribution is -2.14. The van der Waals surface area contributed by atoms with Crippen LogP contribution in [0.5, 0.6) is 0 Å². The van der Waals surface area contributed by atoms with Gasteiger partial charge in [-0.1, -0.05) is 42.5 Å². The van der Waals surface area contributed by atoms with Gasteiger partial charge in [-0.05, 0) is 35.9 Å². The van der Waals surface area contributed by atoms with Crippen LogP contribution >= 0.6 is 0 Å². The van der Waals surface area contributed by atoms with Crippen LogP contribution in [-0.2, 0) is 9.84 Å². The first kappa shape index (κ1) is 18.8. The number of amides is 1. The summed E-state index contributed by atoms with van der Waals surface area (Å²) in [5.74, 6) is 0.0684. The number of fused-ring (bicyclic) bond motifs is 1. The van der Waals surface area contributed by atoms with Gasteiger partial charge in [0.15, 0.2) is 9.84 Å². The van der Waals surface area contributed by atoms with Gasteiger partial charge in [-0.3, -0.25) is 4.79 Å². The predicted octanol–water partition coefficient (Wildman–Crippen LogP) is 3.95. The molecule has 7 heteroatoms. The highest BCUT2D eigenvalue weighted by molar-refractivity contribution is 7.90. The van der Waals surface area contributed by atoms with Crippen LogP contribution in [0.4, 0.5) is 5.82 Å². The molecule has 0 fully saturated rings. The van der Waals surface area contributed by atoms with Crippen molar-refractivity contribution >= 4 is 32.5 Å². The molecule has 0 aliphatic carbocycles. The fraction of sp³-hybridized carbons (Fsp3) is 0.0455. The van der Waals surface area contributed by atoms with Crippen LogP contribution in [0, 0.1) is 0 Å². The van der Waals surface area contributed by atoms with Crippen LogP contribution in [0.25, 0.3) is 22.0 Å². The Bertz CT molecular complexity index is 1320. The molecule has 2 aromatic carbocycles. The second kappa shape index (κ2) is 7.44. The van der Waals surface area contributed by atoms with Crippen molar-refractivity contribution in [3.05, 3.63) is 84.7 Å². The topological polar surface area (TPSA) is 89.0 Å². The highest BCUT2D eigenvalue weighted by atomic mass is 32.2. The van der Waals surface area contributed by atoms with Crippen LogP contribution in [0.1, 0.15) is 10.5 Å². The number of carbonyl (C=O) groups is 1. The minimum atomic E-state index is -3.33. The highest BCUT2D eigenvalue weighted by Crippen LogP contribution is 2.29. The van der Waals surface area contributed by atoms with Gasteiger partial charge in [-0.2, -0.15) is 0 Å². The highest BCUT2D eigenvalue weighted by Gasteiger charge is 2.13. The largest absolute Gasteiger partial charge is 0.305 e. The molecule has 4 rings (SSSR count). The Morgan fingerprint density at radius 1 is 0.931 bits per heavy atom. The molecule has 4 aromatic rings. The van der Waals surface area contributed by atoms with Crippen molar-refractivity contribution in [1.82, 2.24) is 9.97 Å². The number of rotatable bonds is 4. The lowest BCUT2D eigenvalue weighted by Gasteiger charge is -2.10. The fourth-order valence-corrected chi connectivity index (χ4v) is 3.68. The molecule has 29 heavy (non-hydrogen) atoms. The molecule has 0 radical (unpaired) electrons. The summed E-state index contributed by atoms with van der Waals surface area (Å²) in [5, 5.41) is 3.57. The number of para-hydroxylation sites is 1. The normalized spacial score (nSPS) is 11.3. The Morgan fingerprint density at radius 2 is 1.76 bits per heavy atom. The van der Waals surface area contributed by atoms with Gasteiger partial charge in [0.2, 0.25) is 0 Å². The van der Waals surface area contributed by atoms with E-state index in [0.29, 0.717) is 16.9 Å². The third kappa shape index (κ3) is 4.00. The Hall–Kier alpha value is -3.58. The van der Waals surface area contributed by atoms with Crippen molar-refractivity contribution in [2.24, 2.45) is 0 Å². The Morgan fingerprint density at radius 3 is 2.52 bits per heavy atom. The van der Waals surface area contributed by atoms with Gasteiger partial charge >= 0.3 is 0 Å². The van der Waals surface area contributed by atoms with Crippen LogP contribution in [-0.4, -0.2) is 30.5 Å². The van der Waals surface area contributed by atoms with Crippen molar-refractivity contribution in [3.8, 4) is 11.1 Å². The van der Waals surface area contributed by atoms with Crippen molar-refractivity contribution in [1.29, 1.82) is 0 Å². The number of anilines is 1. The zero-order chi connectivity index (χ0) is 20.4. The van der Waals surface area contributed by atoms with Gasteiger partial charge < -0.3 is 5.32 Å². The SMILES string of the molecule is CS(=O)(=O)c1cccc(-c2cccc3ccc(C(=O)Nc4ccccn4)nc23)c1. The quantitative estimate of drug-likeness (QED) is 0.557. The predicted molar refractivity (Wildman–Crippen MR) is 112 cm³/mol. The lowest BCUT2D eigenvalue weighted by atomic mass is 10.0. The van der Waals surface area contributed by atoms with Crippen LogP contribution in [0.15, 0.2) is 83.9 Å². The summed E-state index contributed by atoms with van der Waals surface area (Å²) in [6.45, 7) is 0. The van der Waals surface area contributed by atoms with Crippen molar-refractivity contribution < 1.29 is 13.2 Å². The number of nitrogens with zero attached hydrogens (tertiary/aromatic N) is 2. The van der Waals surface area contributed by atoms with E-state index in [9.17, 15) is 13.2 Å². The number of benzene rings is 2. The van der Waals surface area contributed by atoms with Crippen molar-refractivity contribution in [3.63, 3.8) is 0 Å². The third-order valence-electron chi connectivity index (χ3n) is 4.43. The third-order valence-corrected chi connectivity index (χ3v) is 5.54. The number of sulfone groups is 1. The molecule has 0 saturated carbocycles. The Kier molecular flexibility index (Phi) is 4.82. The summed E-state index contributed by atoms with van der Waals surface area (Å²) in [4.78, 5) is 21.5. The molecule has 0 atom stereocenters. The summed E-state index contributed by atoms with van der Waals surface area (Å²) in [6.07, 6.45) is 2.77. The van der Waals surface area contributed by atoms with E-state index >= 15 is 0 Å². The van der Waals surface area contributed by atoms with E-state index in [2.05, 4.69) is 15.3 Å². The number of nitrogens with one attached hydrogen (secondary N) is 1. The smallest absolute Gasteiger partial charge is 0.275 e. The monoisotopic (exact) mass is 403 g/mol. The molecule has 0 saturated heterocycles. The second-order valence-corrected chi connectivity index (χ2v) is 8.56. The summed E-state index contributed by atoms with van der Waals surface area (Å²) >= 11 is 0. The van der Waals surface area contributed by atoms with E-state index < -0.39 is 9.84 Å². The number of aromatic nitrogens is 2. The summed E-state index contributed by atoms with van der Waals surface area (Å²) in [6, 6.07) is 21.0. The van der Waals surface area contributed by atoms with E-state index in [-0.39, 0.29) is 16.5 Å². The molecule has 0 bridgehead atoms. The lowest BCUT2D eigenvalue weighted by molar-refractivity contribution is 0.102. The first-order chi connectivity index (χ1) is 13.9. The average Bonchev–Trinajstić information content (AvgIpc) is 2.73. The van der Waals surface area contributed by atoms with Gasteiger partial charge in [-0.15, -0.1) is 0 Å². The molecular formula is C22H17N3O3S. The zero-order valence-electron chi connectivity index (χ0n) is 15.5. The molecule has 2 heterocycles. The summed E-state index contributed by atoms with van der Waals surface area (Å²) in [5.41, 5.74) is 2.33. The van der Waals surface area contributed by atoms with Gasteiger partial charge in [0.05, 0.1) is 10.4 Å². The van der Waals surface area contributed by atoms with Crippen LogP contribution < -0.4 is 5.32 Å². The fourth-order valence-electron chi connectivity index (χ4n) is 3.02. The van der Waals surface area contributed by atoms with Gasteiger partial charge in [-0.25, -0.2) is 18.4 Å². The number of hydrogen-bond acceptors (Lipinski definition) is 5. The van der Waals surface area contributed by atoms with Crippen molar-refractivity contribution in [2.45, 2.75) is 4.90 Å². The molecular weight excluding hydrogens is 386 g/mol. The minimum absolute atomic E-state index is 0.232. The maximum absolute atomic E-state index is 12.6. The number of carbonyl (C=O) groups excluding carboxylic acids is 1. The maximum Gasteiger partial charge on any atom is 0.275 e. The standard InChI is InChI=1S/C22H17N3O3S/c1-29(27,28)17-8-4-7-16(14-17)18-9-5-6-15-11-12-19(24-21(15)18)22(26)25-20-10-2-3-13-23-20/h2-14H,1H3,(H,23,25,26). The second-order valence-electron chi connectivity index (χ2n) is 6.54. The Labute approximate surface area is 168 Å². The molecule has 0 spiro atoms. The number of hydrogen-bond donors (Lipinski definition) is 1. The van der Waals surface area contributed by atoms with Gasteiger partial charge in [0.1, 0.15) is 11.5 Å². The molecule has 2 aromatic heterocycles. The van der Waals surface area contributed by atoms with Crippen molar-refractivity contribution in [2.75, 3.05) is 11.6 Å². The van der Waals surface area contributed by atoms with E-state index in [1.807, 2.05) is 30.3 Å². The molecule has 0 aliphatic rings. The molecule has 1 N–H and O–H groups in total. The summed E-state index contributed by atoms with van der Waals surface area (Å²) in [7, 11) is -3.33. The van der Waals surface area contributed by atoms with E-state index in [1.54, 1.807) is 48.7 Å². The molecule has 6 nitrogen and oxygen atoms in total.